The minimum Gasteiger partial charge on any atom is -0.507 e. The van der Waals surface area contributed by atoms with Crippen LogP contribution >= 0.6 is 0 Å². The van der Waals surface area contributed by atoms with Crippen molar-refractivity contribution in [1.29, 1.82) is 0 Å². The number of hydrogen-bond acceptors (Lipinski definition) is 7. The average Bonchev–Trinajstić information content (AvgIpc) is 3.17. The maximum atomic E-state index is 13.6. The van der Waals surface area contributed by atoms with Crippen LogP contribution in [0.1, 0.15) is 48.6 Å². The zero-order chi connectivity index (χ0) is 36.8. The van der Waals surface area contributed by atoms with Crippen LogP contribution in [0.25, 0.3) is 0 Å². The van der Waals surface area contributed by atoms with Crippen molar-refractivity contribution < 1.29 is 38.6 Å². The number of ether oxygens (including phenoxy) is 1. The number of urea groups is 1. The smallest absolute Gasteiger partial charge is 0.317 e. The van der Waals surface area contributed by atoms with Crippen molar-refractivity contribution in [1.82, 2.24) is 20.0 Å². The molecule has 4 N–H and O–H groups in total. The molecule has 1 unspecified atom stereocenters. The molecule has 6 rings (SSSR count). The summed E-state index contributed by atoms with van der Waals surface area (Å²) in [4.78, 5) is 48.6. The number of quaternary nitrogens is 1. The van der Waals surface area contributed by atoms with Crippen LogP contribution in [0.5, 0.6) is 11.5 Å². The Morgan fingerprint density at radius 1 is 0.962 bits per heavy atom. The molecule has 278 valence electrons. The Morgan fingerprint density at radius 3 is 2.27 bits per heavy atom. The number of phenols is 1. The van der Waals surface area contributed by atoms with Gasteiger partial charge in [0.05, 0.1) is 38.3 Å². The molecule has 3 fully saturated rings. The molecule has 13 heteroatoms. The summed E-state index contributed by atoms with van der Waals surface area (Å²) < 4.78 is 18.7. The van der Waals surface area contributed by atoms with Crippen LogP contribution in [0.15, 0.2) is 66.7 Å². The van der Waals surface area contributed by atoms with Gasteiger partial charge in [-0.05, 0) is 66.9 Å². The fourth-order valence-electron chi connectivity index (χ4n) is 7.47. The SMILES string of the molecule is CCN1CC[NH+](CC(=O)N2CCN(C(=O)NCc3ccc(N4C(=O)[C@H](CCC(O)c5ccc(F)cc5)[C@H]4c4ccc(OC)cc4O)cc3)CC2)CC1. The van der Waals surface area contributed by atoms with Crippen molar-refractivity contribution >= 4 is 23.5 Å². The van der Waals surface area contributed by atoms with Crippen molar-refractivity contribution in [2.45, 2.75) is 38.5 Å². The Bertz CT molecular complexity index is 1690. The monoisotopic (exact) mass is 717 g/mol. The van der Waals surface area contributed by atoms with Crippen LogP contribution in [0, 0.1) is 11.7 Å². The average molecular weight is 718 g/mol. The zero-order valence-corrected chi connectivity index (χ0v) is 30.0. The van der Waals surface area contributed by atoms with E-state index in [2.05, 4.69) is 17.1 Å². The lowest BCUT2D eigenvalue weighted by molar-refractivity contribution is -0.896. The normalized spacial score (nSPS) is 20.4. The van der Waals surface area contributed by atoms with Gasteiger partial charge in [-0.2, -0.15) is 0 Å². The number of aliphatic hydroxyl groups is 1. The molecule has 4 amide bonds. The molecule has 0 saturated carbocycles. The number of carbonyl (C=O) groups is 3. The summed E-state index contributed by atoms with van der Waals surface area (Å²) in [6, 6.07) is 17.4. The summed E-state index contributed by atoms with van der Waals surface area (Å²) in [5.74, 6) is -0.380. The van der Waals surface area contributed by atoms with Gasteiger partial charge in [-0.25, -0.2) is 9.18 Å². The summed E-state index contributed by atoms with van der Waals surface area (Å²) in [6.45, 7) is 10.0. The first-order chi connectivity index (χ1) is 25.1. The molecule has 3 atom stereocenters. The number of anilines is 1. The summed E-state index contributed by atoms with van der Waals surface area (Å²) in [5, 5.41) is 24.7. The molecule has 0 radical (unpaired) electrons. The molecule has 3 aromatic carbocycles. The summed E-state index contributed by atoms with van der Waals surface area (Å²) in [6.07, 6.45) is -0.231. The lowest BCUT2D eigenvalue weighted by atomic mass is 9.78. The largest absolute Gasteiger partial charge is 0.507 e. The second-order valence-corrected chi connectivity index (χ2v) is 13.9. The van der Waals surface area contributed by atoms with Crippen molar-refractivity contribution in [2.24, 2.45) is 5.92 Å². The number of halogens is 1. The molecule has 3 aliphatic rings. The van der Waals surface area contributed by atoms with Gasteiger partial charge < -0.3 is 39.9 Å². The van der Waals surface area contributed by atoms with E-state index in [1.54, 1.807) is 21.9 Å². The van der Waals surface area contributed by atoms with Crippen molar-refractivity contribution in [3.05, 3.63) is 89.2 Å². The number of hydrogen-bond donors (Lipinski definition) is 4. The predicted molar refractivity (Wildman–Crippen MR) is 193 cm³/mol. The van der Waals surface area contributed by atoms with Crippen molar-refractivity contribution in [3.63, 3.8) is 0 Å². The van der Waals surface area contributed by atoms with Crippen LogP contribution in [0.2, 0.25) is 0 Å². The van der Waals surface area contributed by atoms with E-state index in [1.165, 1.54) is 42.3 Å². The first kappa shape index (κ1) is 37.1. The van der Waals surface area contributed by atoms with Gasteiger partial charge in [0.25, 0.3) is 5.91 Å². The molecule has 3 saturated heterocycles. The number of rotatable bonds is 12. The Labute approximate surface area is 304 Å². The molecule has 52 heavy (non-hydrogen) atoms. The van der Waals surface area contributed by atoms with Gasteiger partial charge >= 0.3 is 6.03 Å². The highest BCUT2D eigenvalue weighted by atomic mass is 19.1. The number of amides is 4. The maximum Gasteiger partial charge on any atom is 0.317 e. The fourth-order valence-corrected chi connectivity index (χ4v) is 7.47. The second kappa shape index (κ2) is 16.7. The fraction of sp³-hybridized carbons (Fsp3) is 0.462. The summed E-state index contributed by atoms with van der Waals surface area (Å²) >= 11 is 0. The number of phenolic OH excluding ortho intramolecular Hbond substituents is 1. The van der Waals surface area contributed by atoms with Gasteiger partial charge in [-0.1, -0.05) is 31.2 Å². The molecule has 3 aliphatic heterocycles. The third kappa shape index (κ3) is 8.49. The van der Waals surface area contributed by atoms with E-state index >= 15 is 0 Å². The number of nitrogens with one attached hydrogen (secondary N) is 2. The number of aromatic hydroxyl groups is 1. The van der Waals surface area contributed by atoms with E-state index in [1.807, 2.05) is 29.2 Å². The Balaban J connectivity index is 1.03. The van der Waals surface area contributed by atoms with E-state index in [9.17, 15) is 29.0 Å². The summed E-state index contributed by atoms with van der Waals surface area (Å²) in [5.41, 5.74) is 2.64. The van der Waals surface area contributed by atoms with E-state index in [0.717, 1.165) is 38.3 Å². The van der Waals surface area contributed by atoms with Crippen LogP contribution in [0.4, 0.5) is 14.9 Å². The highest BCUT2D eigenvalue weighted by Crippen LogP contribution is 2.49. The van der Waals surface area contributed by atoms with E-state index in [4.69, 9.17) is 4.74 Å². The molecule has 0 spiro atoms. The van der Waals surface area contributed by atoms with E-state index in [-0.39, 0.29) is 35.8 Å². The lowest BCUT2D eigenvalue weighted by Crippen LogP contribution is -3.15. The molecule has 0 aromatic heterocycles. The number of carbonyl (C=O) groups excluding carboxylic acids is 3. The number of likely N-dealkylation sites (N-methyl/N-ethyl adjacent to an activating group) is 1. The van der Waals surface area contributed by atoms with Gasteiger partial charge in [-0.3, -0.25) is 14.5 Å². The quantitative estimate of drug-likeness (QED) is 0.212. The van der Waals surface area contributed by atoms with Crippen LogP contribution in [-0.4, -0.2) is 115 Å². The number of nitrogens with zero attached hydrogens (tertiary/aromatic N) is 4. The predicted octanol–water partition coefficient (Wildman–Crippen LogP) is 2.33. The van der Waals surface area contributed by atoms with Crippen LogP contribution < -0.4 is 19.9 Å². The Kier molecular flexibility index (Phi) is 11.9. The third-order valence-corrected chi connectivity index (χ3v) is 10.8. The number of β-lactam (4-membered cyclic amide) rings is 1. The Hall–Kier alpha value is -4.72. The lowest BCUT2D eigenvalue weighted by Gasteiger charge is -2.48. The van der Waals surface area contributed by atoms with Gasteiger partial charge in [0, 0.05) is 63.1 Å². The highest BCUT2D eigenvalue weighted by molar-refractivity contribution is 6.03. The number of piperazine rings is 2. The van der Waals surface area contributed by atoms with Gasteiger partial charge in [0.1, 0.15) is 17.3 Å². The molecule has 0 aliphatic carbocycles. The molecule has 3 heterocycles. The van der Waals surface area contributed by atoms with E-state index in [0.29, 0.717) is 68.3 Å². The van der Waals surface area contributed by atoms with E-state index < -0.39 is 18.1 Å². The van der Waals surface area contributed by atoms with Crippen molar-refractivity contribution in [3.8, 4) is 11.5 Å². The molecule has 0 bridgehead atoms. The minimum atomic E-state index is -0.869. The first-order valence-electron chi connectivity index (χ1n) is 18.2. The van der Waals surface area contributed by atoms with Gasteiger partial charge in [-0.15, -0.1) is 0 Å². The highest BCUT2D eigenvalue weighted by Gasteiger charge is 2.49. The third-order valence-electron chi connectivity index (χ3n) is 10.8. The second-order valence-electron chi connectivity index (χ2n) is 13.9. The minimum absolute atomic E-state index is 0.00189. The van der Waals surface area contributed by atoms with Crippen LogP contribution in [-0.2, 0) is 16.1 Å². The molecule has 12 nitrogen and oxygen atoms in total. The van der Waals surface area contributed by atoms with Crippen LogP contribution in [0.3, 0.4) is 0 Å². The number of aliphatic hydroxyl groups excluding tert-OH is 1. The van der Waals surface area contributed by atoms with Gasteiger partial charge in [0.2, 0.25) is 5.91 Å². The first-order valence-corrected chi connectivity index (χ1v) is 18.2. The Morgan fingerprint density at radius 2 is 1.63 bits per heavy atom. The molecule has 3 aromatic rings. The topological polar surface area (TPSA) is 130 Å². The van der Waals surface area contributed by atoms with Crippen molar-refractivity contribution in [2.75, 3.05) is 77.5 Å². The molecular weight excluding hydrogens is 667 g/mol. The molecular formula is C39H50FN6O6+. The standard InChI is InChI=1S/C39H49FN6O6/c1-3-42-16-18-43(19-17-42)26-36(49)44-20-22-45(23-21-44)39(51)41-25-27-4-10-30(11-5-27)46-37(32-13-12-31(52-2)24-35(32)48)33(38(46)50)14-15-34(47)28-6-8-29(40)9-7-28/h4-13,24,33-34,37,47-48H,3,14-23,25-26H2,1-2H3,(H,41,51)/p+1/t33-,34?,37-/m1/s1. The number of benzene rings is 3. The van der Waals surface area contributed by atoms with Gasteiger partial charge in [0.15, 0.2) is 6.54 Å². The maximum absolute atomic E-state index is 13.6. The zero-order valence-electron chi connectivity index (χ0n) is 30.0. The number of methoxy groups -OCH3 is 1. The summed E-state index contributed by atoms with van der Waals surface area (Å²) in [7, 11) is 1.51.